The number of benzene rings is 1. The van der Waals surface area contributed by atoms with E-state index in [0.29, 0.717) is 0 Å². The van der Waals surface area contributed by atoms with Crippen molar-refractivity contribution in [3.63, 3.8) is 0 Å². The van der Waals surface area contributed by atoms with Crippen LogP contribution in [0.1, 0.15) is 18.9 Å². The van der Waals surface area contributed by atoms with E-state index in [1.54, 1.807) is 19.1 Å². The van der Waals surface area contributed by atoms with Gasteiger partial charge in [-0.05, 0) is 25.5 Å². The van der Waals surface area contributed by atoms with Crippen LogP contribution in [0.4, 0.5) is 11.4 Å². The highest BCUT2D eigenvalue weighted by molar-refractivity contribution is 5.55. The molecule has 4 nitrogen and oxygen atoms in total. The minimum atomic E-state index is -0.390. The molecule has 1 N–H and O–H groups in total. The zero-order chi connectivity index (χ0) is 12.0. The Labute approximate surface area is 94.8 Å². The van der Waals surface area contributed by atoms with Gasteiger partial charge in [-0.15, -0.1) is 11.8 Å². The Morgan fingerprint density at radius 1 is 1.50 bits per heavy atom. The molecule has 1 aromatic carbocycles. The van der Waals surface area contributed by atoms with Crippen molar-refractivity contribution >= 4 is 11.4 Å². The summed E-state index contributed by atoms with van der Waals surface area (Å²) < 4.78 is 0. The monoisotopic (exact) mass is 218 g/mol. The zero-order valence-electron chi connectivity index (χ0n) is 9.41. The maximum atomic E-state index is 10.5. The molecule has 0 unspecified atom stereocenters. The smallest absolute Gasteiger partial charge is 0.269 e. The molecule has 0 aromatic heterocycles. The number of nitro groups is 1. The zero-order valence-corrected chi connectivity index (χ0v) is 9.41. The molecule has 0 aliphatic rings. The topological polar surface area (TPSA) is 55.2 Å². The number of non-ortho nitro benzene ring substituents is 1. The van der Waals surface area contributed by atoms with Crippen molar-refractivity contribution in [1.29, 1.82) is 0 Å². The lowest BCUT2D eigenvalue weighted by atomic mass is 10.2. The number of rotatable bonds is 4. The molecule has 0 radical (unpaired) electrons. The van der Waals surface area contributed by atoms with Crippen molar-refractivity contribution in [2.45, 2.75) is 20.3 Å². The Hall–Kier alpha value is -2.02. The van der Waals surface area contributed by atoms with Gasteiger partial charge in [0, 0.05) is 30.8 Å². The fraction of sp³-hybridized carbons (Fsp3) is 0.333. The minimum absolute atomic E-state index is 0.122. The van der Waals surface area contributed by atoms with Gasteiger partial charge in [0.25, 0.3) is 5.69 Å². The highest BCUT2D eigenvalue weighted by atomic mass is 16.6. The molecule has 0 saturated carbocycles. The fourth-order valence-electron chi connectivity index (χ4n) is 1.34. The van der Waals surface area contributed by atoms with Crippen LogP contribution in [0.5, 0.6) is 0 Å². The summed E-state index contributed by atoms with van der Waals surface area (Å²) in [5.41, 5.74) is 1.92. The van der Waals surface area contributed by atoms with Gasteiger partial charge in [-0.2, -0.15) is 0 Å². The van der Waals surface area contributed by atoms with E-state index in [-0.39, 0.29) is 10.6 Å². The number of hydrogen-bond donors (Lipinski definition) is 1. The van der Waals surface area contributed by atoms with Crippen LogP contribution in [0.2, 0.25) is 0 Å². The normalized spacial score (nSPS) is 9.12. The van der Waals surface area contributed by atoms with Gasteiger partial charge in [-0.1, -0.05) is 0 Å². The van der Waals surface area contributed by atoms with Crippen LogP contribution in [0, 0.1) is 28.9 Å². The molecule has 16 heavy (non-hydrogen) atoms. The SMILES string of the molecule is CC#CCCNc1ccc([N+](=O)[O-])cc1C. The second-order valence-electron chi connectivity index (χ2n) is 3.36. The van der Waals surface area contributed by atoms with Crippen molar-refractivity contribution in [3.8, 4) is 11.8 Å². The molecule has 84 valence electrons. The summed E-state index contributed by atoms with van der Waals surface area (Å²) in [7, 11) is 0. The molecule has 4 heteroatoms. The van der Waals surface area contributed by atoms with Crippen molar-refractivity contribution < 1.29 is 4.92 Å². The lowest BCUT2D eigenvalue weighted by molar-refractivity contribution is -0.384. The molecule has 0 aliphatic heterocycles. The van der Waals surface area contributed by atoms with E-state index in [4.69, 9.17) is 0 Å². The van der Waals surface area contributed by atoms with Gasteiger partial charge in [0.1, 0.15) is 0 Å². The molecule has 0 spiro atoms. The van der Waals surface area contributed by atoms with E-state index in [0.717, 1.165) is 24.2 Å². The van der Waals surface area contributed by atoms with E-state index in [2.05, 4.69) is 17.2 Å². The number of aryl methyl sites for hydroxylation is 1. The molecule has 1 aromatic rings. The molecule has 1 rings (SSSR count). The van der Waals surface area contributed by atoms with Crippen molar-refractivity contribution in [1.82, 2.24) is 0 Å². The Bertz CT molecular complexity index is 444. The van der Waals surface area contributed by atoms with E-state index in [1.165, 1.54) is 6.07 Å². The van der Waals surface area contributed by atoms with Crippen LogP contribution < -0.4 is 5.32 Å². The molecule has 0 bridgehead atoms. The first-order chi connectivity index (χ1) is 7.65. The van der Waals surface area contributed by atoms with Crippen LogP contribution in [0.3, 0.4) is 0 Å². The molecule has 0 atom stereocenters. The van der Waals surface area contributed by atoms with Gasteiger partial charge in [0.15, 0.2) is 0 Å². The largest absolute Gasteiger partial charge is 0.384 e. The van der Waals surface area contributed by atoms with Gasteiger partial charge in [0.05, 0.1) is 4.92 Å². The summed E-state index contributed by atoms with van der Waals surface area (Å²) in [5.74, 6) is 5.76. The Balaban J connectivity index is 2.67. The number of nitro benzene ring substituents is 1. The van der Waals surface area contributed by atoms with Crippen molar-refractivity contribution in [3.05, 3.63) is 33.9 Å². The minimum Gasteiger partial charge on any atom is -0.384 e. The standard InChI is InChI=1S/C12H14N2O2/c1-3-4-5-8-13-12-7-6-11(14(15)16)9-10(12)2/h6-7,9,13H,5,8H2,1-2H3. The molecule has 0 aliphatic carbocycles. The van der Waals surface area contributed by atoms with E-state index in [1.807, 2.05) is 6.92 Å². The predicted octanol–water partition coefficient (Wildman–Crippen LogP) is 2.73. The molecule has 0 amide bonds. The number of anilines is 1. The Kier molecular flexibility index (Phi) is 4.34. The first-order valence-corrected chi connectivity index (χ1v) is 5.03. The third-order valence-electron chi connectivity index (χ3n) is 2.16. The van der Waals surface area contributed by atoms with Gasteiger partial charge in [-0.3, -0.25) is 10.1 Å². The average molecular weight is 218 g/mol. The van der Waals surface area contributed by atoms with Gasteiger partial charge in [-0.25, -0.2) is 0 Å². The van der Waals surface area contributed by atoms with E-state index < -0.39 is 0 Å². The van der Waals surface area contributed by atoms with Crippen LogP contribution in [0.25, 0.3) is 0 Å². The Morgan fingerprint density at radius 3 is 2.81 bits per heavy atom. The lowest BCUT2D eigenvalue weighted by Gasteiger charge is -2.07. The summed E-state index contributed by atoms with van der Waals surface area (Å²) in [6, 6.07) is 4.79. The molecule has 0 saturated heterocycles. The van der Waals surface area contributed by atoms with Gasteiger partial charge in [0.2, 0.25) is 0 Å². The van der Waals surface area contributed by atoms with E-state index in [9.17, 15) is 10.1 Å². The molecule has 0 fully saturated rings. The average Bonchev–Trinajstić information content (AvgIpc) is 2.26. The van der Waals surface area contributed by atoms with Gasteiger partial charge < -0.3 is 5.32 Å². The summed E-state index contributed by atoms with van der Waals surface area (Å²) >= 11 is 0. The van der Waals surface area contributed by atoms with Gasteiger partial charge >= 0.3 is 0 Å². The van der Waals surface area contributed by atoms with Crippen LogP contribution in [-0.2, 0) is 0 Å². The first kappa shape index (κ1) is 12.1. The second kappa shape index (κ2) is 5.76. The maximum absolute atomic E-state index is 10.5. The maximum Gasteiger partial charge on any atom is 0.269 e. The highest BCUT2D eigenvalue weighted by Crippen LogP contribution is 2.20. The van der Waals surface area contributed by atoms with Crippen LogP contribution in [0.15, 0.2) is 18.2 Å². The molecular weight excluding hydrogens is 204 g/mol. The Morgan fingerprint density at radius 2 is 2.25 bits per heavy atom. The third kappa shape index (κ3) is 3.28. The van der Waals surface area contributed by atoms with Crippen LogP contribution >= 0.6 is 0 Å². The summed E-state index contributed by atoms with van der Waals surface area (Å²) in [4.78, 5) is 10.1. The second-order valence-corrected chi connectivity index (χ2v) is 3.36. The highest BCUT2D eigenvalue weighted by Gasteiger charge is 2.06. The van der Waals surface area contributed by atoms with Crippen LogP contribution in [-0.4, -0.2) is 11.5 Å². The number of nitrogens with one attached hydrogen (secondary N) is 1. The third-order valence-corrected chi connectivity index (χ3v) is 2.16. The summed E-state index contributed by atoms with van der Waals surface area (Å²) in [5, 5.41) is 13.7. The lowest BCUT2D eigenvalue weighted by Crippen LogP contribution is -2.02. The quantitative estimate of drug-likeness (QED) is 0.366. The molecular formula is C12H14N2O2. The predicted molar refractivity (Wildman–Crippen MR) is 64.4 cm³/mol. The van der Waals surface area contributed by atoms with Crippen molar-refractivity contribution in [2.24, 2.45) is 0 Å². The molecule has 0 heterocycles. The number of hydrogen-bond acceptors (Lipinski definition) is 3. The first-order valence-electron chi connectivity index (χ1n) is 5.03. The summed E-state index contributed by atoms with van der Waals surface area (Å²) in [6.07, 6.45) is 0.771. The fourth-order valence-corrected chi connectivity index (χ4v) is 1.34. The summed E-state index contributed by atoms with van der Waals surface area (Å²) in [6.45, 7) is 4.40. The van der Waals surface area contributed by atoms with E-state index >= 15 is 0 Å². The van der Waals surface area contributed by atoms with Crippen molar-refractivity contribution in [2.75, 3.05) is 11.9 Å². The number of nitrogens with zero attached hydrogens (tertiary/aromatic N) is 1.